The molecule has 0 radical (unpaired) electrons. The molecule has 1 heterocycles. The summed E-state index contributed by atoms with van der Waals surface area (Å²) < 4.78 is 23.8. The highest BCUT2D eigenvalue weighted by Gasteiger charge is 2.34. The van der Waals surface area contributed by atoms with Gasteiger partial charge in [-0.2, -0.15) is 0 Å². The molecule has 1 aliphatic heterocycles. The summed E-state index contributed by atoms with van der Waals surface area (Å²) in [5.74, 6) is -2.02. The van der Waals surface area contributed by atoms with Crippen LogP contribution in [0.5, 0.6) is 5.75 Å². The van der Waals surface area contributed by atoms with Crippen molar-refractivity contribution in [3.8, 4) is 5.75 Å². The van der Waals surface area contributed by atoms with Crippen molar-refractivity contribution in [2.45, 2.75) is 0 Å². The number of hydrogen-bond donors (Lipinski definition) is 1. The fraction of sp³-hybridized carbons (Fsp3) is 0.182. The minimum Gasteiger partial charge on any atom is -0.482 e. The molecule has 1 aliphatic rings. The predicted octanol–water partition coefficient (Wildman–Crippen LogP) is 3.25. The van der Waals surface area contributed by atoms with Gasteiger partial charge in [0.1, 0.15) is 11.6 Å². The zero-order chi connectivity index (χ0) is 23.8. The van der Waals surface area contributed by atoms with E-state index in [2.05, 4.69) is 5.32 Å². The molecule has 2 aromatic carbocycles. The number of rotatable bonds is 9. The number of nitrogens with zero attached hydrogens (tertiary/aromatic N) is 1. The molecular weight excluding hydrogens is 475 g/mol. The van der Waals surface area contributed by atoms with Gasteiger partial charge < -0.3 is 14.8 Å². The average molecular weight is 493 g/mol. The van der Waals surface area contributed by atoms with Gasteiger partial charge in [-0.3, -0.25) is 19.3 Å². The Kier molecular flexibility index (Phi) is 8.45. The Bertz CT molecular complexity index is 1090. The van der Waals surface area contributed by atoms with Crippen LogP contribution in [0, 0.1) is 5.82 Å². The van der Waals surface area contributed by atoms with E-state index in [-0.39, 0.29) is 30.2 Å². The number of halogens is 2. The molecule has 11 heteroatoms. The van der Waals surface area contributed by atoms with Gasteiger partial charge in [-0.25, -0.2) is 9.18 Å². The highest BCUT2D eigenvalue weighted by molar-refractivity contribution is 8.18. The Balaban J connectivity index is 1.38. The van der Waals surface area contributed by atoms with Gasteiger partial charge in [0.05, 0.1) is 4.91 Å². The van der Waals surface area contributed by atoms with Crippen LogP contribution in [0.4, 0.5) is 9.18 Å². The van der Waals surface area contributed by atoms with Crippen molar-refractivity contribution in [3.05, 3.63) is 69.8 Å². The topological polar surface area (TPSA) is 102 Å². The lowest BCUT2D eigenvalue weighted by molar-refractivity contribution is -0.150. The van der Waals surface area contributed by atoms with Crippen LogP contribution >= 0.6 is 23.4 Å². The number of benzene rings is 2. The summed E-state index contributed by atoms with van der Waals surface area (Å²) in [5.41, 5.74) is 0.193. The molecule has 1 saturated heterocycles. The third kappa shape index (κ3) is 7.06. The quantitative estimate of drug-likeness (QED) is 0.423. The largest absolute Gasteiger partial charge is 0.482 e. The smallest absolute Gasteiger partial charge is 0.344 e. The van der Waals surface area contributed by atoms with E-state index in [0.717, 1.165) is 4.90 Å². The van der Waals surface area contributed by atoms with Gasteiger partial charge in [0.2, 0.25) is 0 Å². The van der Waals surface area contributed by atoms with Crippen LogP contribution in [0.1, 0.15) is 5.56 Å². The highest BCUT2D eigenvalue weighted by atomic mass is 35.5. The summed E-state index contributed by atoms with van der Waals surface area (Å²) in [6.07, 6.45) is 1.31. The normalized spacial score (nSPS) is 14.5. The molecule has 0 saturated carbocycles. The molecule has 2 aromatic rings. The van der Waals surface area contributed by atoms with Gasteiger partial charge in [-0.1, -0.05) is 29.8 Å². The SMILES string of the molecule is O=C(COC(=O)COc1ccc(Cl)cc1)NCCN1C(=O)S/C(=C\c2ccccc2F)C1=O. The highest BCUT2D eigenvalue weighted by Crippen LogP contribution is 2.32. The Morgan fingerprint density at radius 3 is 2.55 bits per heavy atom. The van der Waals surface area contributed by atoms with E-state index in [4.69, 9.17) is 21.1 Å². The average Bonchev–Trinajstić information content (AvgIpc) is 3.06. The summed E-state index contributed by atoms with van der Waals surface area (Å²) in [4.78, 5) is 49.1. The summed E-state index contributed by atoms with van der Waals surface area (Å²) in [6.45, 7) is -1.06. The molecule has 8 nitrogen and oxygen atoms in total. The number of ether oxygens (including phenoxy) is 2. The maximum atomic E-state index is 13.8. The molecule has 0 aromatic heterocycles. The molecule has 172 valence electrons. The number of esters is 1. The standard InChI is InChI=1S/C22H18ClFN2O6S/c23-15-5-7-16(8-6-15)31-13-20(28)32-12-19(27)25-9-10-26-21(29)18(33-22(26)30)11-14-3-1-2-4-17(14)24/h1-8,11H,9-10,12-13H2,(H,25,27)/b18-11-. The van der Waals surface area contributed by atoms with E-state index in [0.29, 0.717) is 22.5 Å². The van der Waals surface area contributed by atoms with Crippen molar-refractivity contribution in [1.29, 1.82) is 0 Å². The number of amides is 3. The van der Waals surface area contributed by atoms with Crippen molar-refractivity contribution in [1.82, 2.24) is 10.2 Å². The van der Waals surface area contributed by atoms with Gasteiger partial charge >= 0.3 is 5.97 Å². The summed E-state index contributed by atoms with van der Waals surface area (Å²) in [6, 6.07) is 12.2. The summed E-state index contributed by atoms with van der Waals surface area (Å²) in [5, 5.41) is 2.45. The molecule has 0 spiro atoms. The predicted molar refractivity (Wildman–Crippen MR) is 120 cm³/mol. The van der Waals surface area contributed by atoms with E-state index in [1.165, 1.54) is 24.3 Å². The van der Waals surface area contributed by atoms with Crippen LogP contribution in [-0.2, 0) is 19.1 Å². The zero-order valence-electron chi connectivity index (χ0n) is 17.1. The zero-order valence-corrected chi connectivity index (χ0v) is 18.7. The minimum atomic E-state index is -0.746. The Labute approximate surface area is 197 Å². The fourth-order valence-electron chi connectivity index (χ4n) is 2.65. The molecule has 1 N–H and O–H groups in total. The van der Waals surface area contributed by atoms with Crippen molar-refractivity contribution in [3.63, 3.8) is 0 Å². The van der Waals surface area contributed by atoms with Gasteiger partial charge in [0.15, 0.2) is 13.2 Å². The first-order valence-electron chi connectivity index (χ1n) is 9.64. The molecule has 0 aliphatic carbocycles. The molecule has 1 fully saturated rings. The van der Waals surface area contributed by atoms with E-state index >= 15 is 0 Å². The first kappa shape index (κ1) is 24.3. The van der Waals surface area contributed by atoms with Crippen molar-refractivity contribution in [2.24, 2.45) is 0 Å². The maximum Gasteiger partial charge on any atom is 0.344 e. The number of hydrogen-bond acceptors (Lipinski definition) is 7. The van der Waals surface area contributed by atoms with Crippen molar-refractivity contribution < 1.29 is 33.0 Å². The van der Waals surface area contributed by atoms with Crippen LogP contribution < -0.4 is 10.1 Å². The molecule has 3 rings (SSSR count). The monoisotopic (exact) mass is 492 g/mol. The van der Waals surface area contributed by atoms with Gasteiger partial charge in [-0.05, 0) is 48.2 Å². The minimum absolute atomic E-state index is 0.0390. The number of thioether (sulfide) groups is 1. The lowest BCUT2D eigenvalue weighted by Crippen LogP contribution is -2.38. The molecule has 33 heavy (non-hydrogen) atoms. The van der Waals surface area contributed by atoms with E-state index in [9.17, 15) is 23.6 Å². The molecular formula is C22H18ClFN2O6S. The van der Waals surface area contributed by atoms with E-state index in [1.54, 1.807) is 30.3 Å². The number of carbonyl (C=O) groups excluding carboxylic acids is 4. The fourth-order valence-corrected chi connectivity index (χ4v) is 3.63. The van der Waals surface area contributed by atoms with Gasteiger partial charge in [0.25, 0.3) is 17.1 Å². The van der Waals surface area contributed by atoms with Crippen LogP contribution in [0.3, 0.4) is 0 Å². The van der Waals surface area contributed by atoms with Gasteiger partial charge in [-0.15, -0.1) is 0 Å². The second-order valence-electron chi connectivity index (χ2n) is 6.61. The van der Waals surface area contributed by atoms with Crippen molar-refractivity contribution in [2.75, 3.05) is 26.3 Å². The first-order chi connectivity index (χ1) is 15.8. The number of carbonyl (C=O) groups is 4. The van der Waals surface area contributed by atoms with Crippen LogP contribution in [0.15, 0.2) is 53.4 Å². The third-order valence-corrected chi connectivity index (χ3v) is 5.42. The molecule has 0 atom stereocenters. The van der Waals surface area contributed by atoms with Crippen LogP contribution in [0.25, 0.3) is 6.08 Å². The number of nitrogens with one attached hydrogen (secondary N) is 1. The third-order valence-electron chi connectivity index (χ3n) is 4.26. The molecule has 3 amide bonds. The van der Waals surface area contributed by atoms with E-state index in [1.807, 2.05) is 0 Å². The van der Waals surface area contributed by atoms with E-state index < -0.39 is 35.4 Å². The molecule has 0 bridgehead atoms. The summed E-state index contributed by atoms with van der Waals surface area (Å²) in [7, 11) is 0. The lowest BCUT2D eigenvalue weighted by atomic mass is 10.2. The van der Waals surface area contributed by atoms with Crippen LogP contribution in [-0.4, -0.2) is 54.2 Å². The molecule has 0 unspecified atom stereocenters. The van der Waals surface area contributed by atoms with Gasteiger partial charge in [0, 0.05) is 23.7 Å². The maximum absolute atomic E-state index is 13.8. The number of imide groups is 1. The van der Waals surface area contributed by atoms with Crippen molar-refractivity contribution >= 4 is 52.5 Å². The Morgan fingerprint density at radius 2 is 1.82 bits per heavy atom. The second-order valence-corrected chi connectivity index (χ2v) is 8.04. The summed E-state index contributed by atoms with van der Waals surface area (Å²) >= 11 is 6.45. The second kappa shape index (κ2) is 11.5. The van der Waals surface area contributed by atoms with Crippen LogP contribution in [0.2, 0.25) is 5.02 Å². The Hall–Kier alpha value is -3.37. The first-order valence-corrected chi connectivity index (χ1v) is 10.8. The lowest BCUT2D eigenvalue weighted by Gasteiger charge is -2.13. The Morgan fingerprint density at radius 1 is 1.09 bits per heavy atom.